The van der Waals surface area contributed by atoms with Gasteiger partial charge in [-0.3, -0.25) is 0 Å². The first-order valence-corrected chi connectivity index (χ1v) is 8.97. The van der Waals surface area contributed by atoms with Gasteiger partial charge in [-0.1, -0.05) is 12.1 Å². The largest absolute Gasteiger partial charge is 0.680 e. The summed E-state index contributed by atoms with van der Waals surface area (Å²) in [6.45, 7) is 9.13. The van der Waals surface area contributed by atoms with Crippen molar-refractivity contribution in [2.45, 2.75) is 33.8 Å². The summed E-state index contributed by atoms with van der Waals surface area (Å²) in [7, 11) is -1.45. The van der Waals surface area contributed by atoms with Gasteiger partial charge in [0.1, 0.15) is 5.75 Å². The fourth-order valence-corrected chi connectivity index (χ4v) is 4.00. The molecule has 0 bridgehead atoms. The Bertz CT molecular complexity index is 379. The van der Waals surface area contributed by atoms with Crippen molar-refractivity contribution in [3.63, 3.8) is 0 Å². The third-order valence-electron chi connectivity index (χ3n) is 2.87. The predicted molar refractivity (Wildman–Crippen MR) is 83.1 cm³/mol. The molecule has 1 aromatic rings. The number of hydrogen-bond acceptors (Lipinski definition) is 5. The van der Waals surface area contributed by atoms with Crippen LogP contribution < -0.4 is 4.74 Å². The molecule has 1 atom stereocenters. The molecule has 0 aliphatic heterocycles. The van der Waals surface area contributed by atoms with Crippen LogP contribution in [0.4, 0.5) is 0 Å². The summed E-state index contributed by atoms with van der Waals surface area (Å²) in [6, 6.07) is 7.74. The lowest BCUT2D eigenvalue weighted by molar-refractivity contribution is -0.0471. The van der Waals surface area contributed by atoms with Crippen molar-refractivity contribution in [1.29, 1.82) is 0 Å². The molecule has 1 rings (SSSR count). The van der Waals surface area contributed by atoms with E-state index in [2.05, 4.69) is 0 Å². The van der Waals surface area contributed by atoms with E-state index in [0.717, 1.165) is 11.3 Å². The number of hydrogen-bond donors (Lipinski definition) is 0. The summed E-state index contributed by atoms with van der Waals surface area (Å²) >= 11 is 0. The summed E-state index contributed by atoms with van der Waals surface area (Å²) in [5.41, 5.74) is 1.02. The topological polar surface area (TPSA) is 46.2 Å². The fourth-order valence-electron chi connectivity index (χ4n) is 1.92. The molecule has 0 saturated heterocycles. The zero-order valence-corrected chi connectivity index (χ0v) is 14.5. The minimum atomic E-state index is -3.09. The molecule has 1 aromatic carbocycles. The smallest absolute Gasteiger partial charge is 0.497 e. The van der Waals surface area contributed by atoms with Crippen LogP contribution in [-0.4, -0.2) is 36.0 Å². The van der Waals surface area contributed by atoms with Crippen molar-refractivity contribution in [1.82, 2.24) is 0 Å². The van der Waals surface area contributed by atoms with E-state index < -0.39 is 9.05 Å². The van der Waals surface area contributed by atoms with Crippen LogP contribution in [0, 0.1) is 0 Å². The highest BCUT2D eigenvalue weighted by molar-refractivity contribution is 6.53. The monoisotopic (exact) mass is 314 g/mol. The number of ether oxygens (including phenoxy) is 1. The molecule has 21 heavy (non-hydrogen) atoms. The average molecular weight is 314 g/mol. The Morgan fingerprint density at radius 2 is 1.38 bits per heavy atom. The first-order valence-electron chi connectivity index (χ1n) is 7.34. The van der Waals surface area contributed by atoms with Gasteiger partial charge in [0.25, 0.3) is 0 Å². The molecule has 0 spiro atoms. The molecule has 0 aromatic heterocycles. The third kappa shape index (κ3) is 5.41. The molecule has 120 valence electrons. The second-order valence-electron chi connectivity index (χ2n) is 4.33. The van der Waals surface area contributed by atoms with Crippen molar-refractivity contribution in [3.05, 3.63) is 29.8 Å². The van der Waals surface area contributed by atoms with Gasteiger partial charge in [-0.25, -0.2) is 0 Å². The Kier molecular flexibility index (Phi) is 7.91. The van der Waals surface area contributed by atoms with E-state index in [1.807, 2.05) is 52.0 Å². The van der Waals surface area contributed by atoms with E-state index in [-0.39, 0.29) is 6.10 Å². The Labute approximate surface area is 128 Å². The van der Waals surface area contributed by atoms with Gasteiger partial charge < -0.3 is 22.4 Å². The number of methoxy groups -OCH3 is 1. The molecule has 0 heterocycles. The number of benzene rings is 1. The molecule has 0 saturated carbocycles. The van der Waals surface area contributed by atoms with Gasteiger partial charge in [0, 0.05) is 19.8 Å². The summed E-state index contributed by atoms with van der Waals surface area (Å²) in [4.78, 5) is 0. The maximum Gasteiger partial charge on any atom is 0.680 e. The second-order valence-corrected chi connectivity index (χ2v) is 6.43. The maximum atomic E-state index is 6.05. The van der Waals surface area contributed by atoms with E-state index in [9.17, 15) is 0 Å². The van der Waals surface area contributed by atoms with E-state index in [4.69, 9.17) is 22.4 Å². The highest BCUT2D eigenvalue weighted by Gasteiger charge is 2.46. The molecule has 0 fully saturated rings. The molecule has 0 aliphatic rings. The lowest BCUT2D eigenvalue weighted by Gasteiger charge is -2.29. The van der Waals surface area contributed by atoms with Gasteiger partial charge >= 0.3 is 9.05 Å². The number of rotatable bonds is 10. The molecule has 0 amide bonds. The maximum absolute atomic E-state index is 6.05. The van der Waals surface area contributed by atoms with Crippen LogP contribution in [-0.2, 0) is 17.7 Å². The summed E-state index contributed by atoms with van der Waals surface area (Å²) in [6.07, 6.45) is -0.188. The molecular weight excluding hydrogens is 288 g/mol. The zero-order chi connectivity index (χ0) is 15.7. The van der Waals surface area contributed by atoms with Crippen molar-refractivity contribution in [2.24, 2.45) is 0 Å². The minimum Gasteiger partial charge on any atom is -0.497 e. The van der Waals surface area contributed by atoms with E-state index in [0.29, 0.717) is 19.8 Å². The summed E-state index contributed by atoms with van der Waals surface area (Å²) in [5, 5.41) is 0. The zero-order valence-electron chi connectivity index (χ0n) is 13.5. The predicted octanol–water partition coefficient (Wildman–Crippen LogP) is 3.32. The van der Waals surface area contributed by atoms with E-state index in [1.54, 1.807) is 7.11 Å². The lowest BCUT2D eigenvalue weighted by Crippen LogP contribution is -2.49. The van der Waals surface area contributed by atoms with Crippen LogP contribution >= 0.6 is 0 Å². The van der Waals surface area contributed by atoms with Gasteiger partial charge in [-0.15, -0.1) is 0 Å². The Morgan fingerprint density at radius 1 is 0.905 bits per heavy atom. The van der Waals surface area contributed by atoms with Gasteiger partial charge in [0.05, 0.1) is 13.2 Å². The van der Waals surface area contributed by atoms with Crippen molar-refractivity contribution in [3.8, 4) is 5.75 Å². The summed E-state index contributed by atoms with van der Waals surface area (Å²) < 4.78 is 28.3. The molecule has 0 N–H and O–H groups in total. The van der Waals surface area contributed by atoms with Crippen LogP contribution in [0.2, 0.25) is 0 Å². The Hall–Kier alpha value is -0.923. The van der Waals surface area contributed by atoms with Crippen LogP contribution in [0.25, 0.3) is 0 Å². The van der Waals surface area contributed by atoms with E-state index in [1.165, 1.54) is 0 Å². The molecule has 0 unspecified atom stereocenters. The molecule has 5 nitrogen and oxygen atoms in total. The SMILES string of the molecule is CCO[Si](OCC)(OCC)O[C@H](C)c1ccc(OC)cc1. The first kappa shape index (κ1) is 18.1. The van der Waals surface area contributed by atoms with Crippen LogP contribution in [0.1, 0.15) is 39.4 Å². The highest BCUT2D eigenvalue weighted by atomic mass is 28.4. The van der Waals surface area contributed by atoms with Crippen molar-refractivity contribution >= 4 is 9.05 Å². The lowest BCUT2D eigenvalue weighted by atomic mass is 10.1. The molecule has 6 heteroatoms. The normalized spacial score (nSPS) is 13.2. The standard InChI is InChI=1S/C15H26O5Si/c1-6-17-21(18-7-2,19-8-3)20-13(4)14-9-11-15(16-5)12-10-14/h9-13H,6-8H2,1-5H3/t13-/m1/s1. The van der Waals surface area contributed by atoms with Crippen molar-refractivity contribution < 1.29 is 22.4 Å². The van der Waals surface area contributed by atoms with Crippen LogP contribution in [0.15, 0.2) is 24.3 Å². The van der Waals surface area contributed by atoms with E-state index >= 15 is 0 Å². The quantitative estimate of drug-likeness (QED) is 0.620. The molecular formula is C15H26O5Si. The van der Waals surface area contributed by atoms with Crippen molar-refractivity contribution in [2.75, 3.05) is 26.9 Å². The van der Waals surface area contributed by atoms with Gasteiger partial charge in [-0.2, -0.15) is 0 Å². The van der Waals surface area contributed by atoms with Crippen LogP contribution in [0.5, 0.6) is 5.75 Å². The first-order chi connectivity index (χ1) is 10.1. The molecule has 0 radical (unpaired) electrons. The second kappa shape index (κ2) is 9.17. The molecule has 0 aliphatic carbocycles. The summed E-state index contributed by atoms with van der Waals surface area (Å²) in [5.74, 6) is 0.814. The van der Waals surface area contributed by atoms with Crippen LogP contribution in [0.3, 0.4) is 0 Å². The highest BCUT2D eigenvalue weighted by Crippen LogP contribution is 2.25. The fraction of sp³-hybridized carbons (Fsp3) is 0.600. The van der Waals surface area contributed by atoms with Gasteiger partial charge in [0.15, 0.2) is 0 Å². The average Bonchev–Trinajstić information content (AvgIpc) is 2.48. The minimum absolute atomic E-state index is 0.188. The Morgan fingerprint density at radius 3 is 1.76 bits per heavy atom. The Balaban J connectivity index is 2.83. The van der Waals surface area contributed by atoms with Gasteiger partial charge in [-0.05, 0) is 45.4 Å². The third-order valence-corrected chi connectivity index (χ3v) is 5.44. The van der Waals surface area contributed by atoms with Gasteiger partial charge in [0.2, 0.25) is 0 Å².